The molecule has 5 heteroatoms. The van der Waals surface area contributed by atoms with Gasteiger partial charge in [0.15, 0.2) is 0 Å². The van der Waals surface area contributed by atoms with Crippen molar-refractivity contribution in [3.8, 4) is 0 Å². The highest BCUT2D eigenvalue weighted by Crippen LogP contribution is 1.91. The molecule has 100 valence electrons. The number of carbonyl (C=O) groups excluding carboxylic acids is 1. The number of hydrogen-bond donors (Lipinski definition) is 2. The van der Waals surface area contributed by atoms with Crippen molar-refractivity contribution in [3.05, 3.63) is 0 Å². The van der Waals surface area contributed by atoms with Crippen LogP contribution < -0.4 is 10.6 Å². The fraction of sp³-hybridized carbons (Fsp3) is 0.917. The Morgan fingerprint density at radius 2 is 1.94 bits per heavy atom. The van der Waals surface area contributed by atoms with Gasteiger partial charge in [-0.15, -0.1) is 0 Å². The minimum absolute atomic E-state index is 0.152. The highest BCUT2D eigenvalue weighted by Gasteiger charge is 2.12. The van der Waals surface area contributed by atoms with Gasteiger partial charge in [0.25, 0.3) is 0 Å². The molecule has 1 amide bonds. The molecule has 1 fully saturated rings. The van der Waals surface area contributed by atoms with E-state index in [4.69, 9.17) is 0 Å². The summed E-state index contributed by atoms with van der Waals surface area (Å²) >= 11 is 0. The van der Waals surface area contributed by atoms with Crippen molar-refractivity contribution in [3.63, 3.8) is 0 Å². The summed E-state index contributed by atoms with van der Waals surface area (Å²) in [5.41, 5.74) is 0. The molecule has 5 nitrogen and oxygen atoms in total. The summed E-state index contributed by atoms with van der Waals surface area (Å²) in [5, 5.41) is 6.27. The first-order chi connectivity index (χ1) is 8.26. The molecule has 1 aliphatic rings. The van der Waals surface area contributed by atoms with Crippen LogP contribution in [0.25, 0.3) is 0 Å². The quantitative estimate of drug-likeness (QED) is 0.623. The molecule has 1 aliphatic heterocycles. The molecule has 0 saturated carbocycles. The van der Waals surface area contributed by atoms with Crippen molar-refractivity contribution in [1.82, 2.24) is 20.4 Å². The van der Waals surface area contributed by atoms with Gasteiger partial charge in [0, 0.05) is 39.3 Å². The maximum atomic E-state index is 11.7. The van der Waals surface area contributed by atoms with Crippen LogP contribution in [-0.2, 0) is 4.79 Å². The van der Waals surface area contributed by atoms with Crippen LogP contribution in [0.1, 0.15) is 13.8 Å². The minimum Gasteiger partial charge on any atom is -0.354 e. The number of rotatable bonds is 7. The van der Waals surface area contributed by atoms with Gasteiger partial charge in [-0.1, -0.05) is 13.8 Å². The van der Waals surface area contributed by atoms with Gasteiger partial charge >= 0.3 is 0 Å². The monoisotopic (exact) mass is 242 g/mol. The van der Waals surface area contributed by atoms with E-state index in [1.165, 1.54) is 0 Å². The van der Waals surface area contributed by atoms with Crippen molar-refractivity contribution in [1.29, 1.82) is 0 Å². The van der Waals surface area contributed by atoms with E-state index in [2.05, 4.69) is 34.3 Å². The highest BCUT2D eigenvalue weighted by molar-refractivity contribution is 5.78. The Bertz CT molecular complexity index is 213. The van der Waals surface area contributed by atoms with Gasteiger partial charge < -0.3 is 15.5 Å². The van der Waals surface area contributed by atoms with Gasteiger partial charge in [-0.3, -0.25) is 9.69 Å². The Labute approximate surface area is 105 Å². The standard InChI is InChI=1S/C12H26N4O/c1-3-15(4-2)10-7-14-12(17)11-16-8-5-13-6-9-16/h13H,3-11H2,1-2H3,(H,14,17). The molecule has 0 spiro atoms. The average Bonchev–Trinajstić information content (AvgIpc) is 2.36. The van der Waals surface area contributed by atoms with Gasteiger partial charge in [0.2, 0.25) is 5.91 Å². The first kappa shape index (κ1) is 14.4. The maximum absolute atomic E-state index is 11.7. The molecule has 0 aromatic carbocycles. The summed E-state index contributed by atoms with van der Waals surface area (Å²) in [5.74, 6) is 0.152. The molecule has 1 saturated heterocycles. The summed E-state index contributed by atoms with van der Waals surface area (Å²) in [7, 11) is 0. The first-order valence-electron chi connectivity index (χ1n) is 6.68. The Hall–Kier alpha value is -0.650. The molecule has 0 aromatic rings. The van der Waals surface area contributed by atoms with Crippen LogP contribution in [-0.4, -0.2) is 74.6 Å². The zero-order chi connectivity index (χ0) is 12.5. The maximum Gasteiger partial charge on any atom is 0.234 e. The van der Waals surface area contributed by atoms with Crippen molar-refractivity contribution in [2.24, 2.45) is 0 Å². The zero-order valence-corrected chi connectivity index (χ0v) is 11.2. The molecule has 17 heavy (non-hydrogen) atoms. The predicted octanol–water partition coefficient (Wildman–Crippen LogP) is -0.650. The van der Waals surface area contributed by atoms with Crippen LogP contribution in [0.5, 0.6) is 0 Å². The van der Waals surface area contributed by atoms with E-state index in [-0.39, 0.29) is 5.91 Å². The van der Waals surface area contributed by atoms with Crippen LogP contribution in [0.15, 0.2) is 0 Å². The van der Waals surface area contributed by atoms with E-state index in [9.17, 15) is 4.79 Å². The lowest BCUT2D eigenvalue weighted by atomic mass is 10.3. The molecule has 1 heterocycles. The third-order valence-corrected chi connectivity index (χ3v) is 3.22. The van der Waals surface area contributed by atoms with Gasteiger partial charge in [-0.25, -0.2) is 0 Å². The molecular weight excluding hydrogens is 216 g/mol. The van der Waals surface area contributed by atoms with E-state index in [0.29, 0.717) is 6.54 Å². The van der Waals surface area contributed by atoms with Crippen molar-refractivity contribution in [2.75, 3.05) is 58.9 Å². The molecule has 0 radical (unpaired) electrons. The van der Waals surface area contributed by atoms with Gasteiger partial charge in [0.1, 0.15) is 0 Å². The molecule has 0 aromatic heterocycles. The normalized spacial score (nSPS) is 17.4. The number of amides is 1. The Kier molecular flexibility index (Phi) is 7.16. The smallest absolute Gasteiger partial charge is 0.234 e. The topological polar surface area (TPSA) is 47.6 Å². The van der Waals surface area contributed by atoms with Crippen LogP contribution in [0, 0.1) is 0 Å². The van der Waals surface area contributed by atoms with E-state index >= 15 is 0 Å². The van der Waals surface area contributed by atoms with Crippen molar-refractivity contribution >= 4 is 5.91 Å². The van der Waals surface area contributed by atoms with E-state index in [1.807, 2.05) is 0 Å². The van der Waals surface area contributed by atoms with Crippen molar-refractivity contribution in [2.45, 2.75) is 13.8 Å². The van der Waals surface area contributed by atoms with Crippen molar-refractivity contribution < 1.29 is 4.79 Å². The SMILES string of the molecule is CCN(CC)CCNC(=O)CN1CCNCC1. The predicted molar refractivity (Wildman–Crippen MR) is 70.1 cm³/mol. The second-order valence-electron chi connectivity index (χ2n) is 4.40. The molecule has 1 rings (SSSR count). The molecule has 2 N–H and O–H groups in total. The molecule has 0 aliphatic carbocycles. The fourth-order valence-electron chi connectivity index (χ4n) is 2.02. The number of nitrogens with zero attached hydrogens (tertiary/aromatic N) is 2. The molecule has 0 atom stereocenters. The molecule has 0 unspecified atom stereocenters. The summed E-state index contributed by atoms with van der Waals surface area (Å²) in [6.07, 6.45) is 0. The fourth-order valence-corrected chi connectivity index (χ4v) is 2.02. The zero-order valence-electron chi connectivity index (χ0n) is 11.2. The number of likely N-dealkylation sites (N-methyl/N-ethyl adjacent to an activating group) is 1. The third-order valence-electron chi connectivity index (χ3n) is 3.22. The van der Waals surface area contributed by atoms with E-state index in [1.54, 1.807) is 0 Å². The van der Waals surface area contributed by atoms with Crippen LogP contribution in [0.2, 0.25) is 0 Å². The Morgan fingerprint density at radius 1 is 1.29 bits per heavy atom. The number of nitrogens with one attached hydrogen (secondary N) is 2. The molecular formula is C12H26N4O. The average molecular weight is 242 g/mol. The lowest BCUT2D eigenvalue weighted by Gasteiger charge is -2.26. The number of hydrogen-bond acceptors (Lipinski definition) is 4. The minimum atomic E-state index is 0.152. The second-order valence-corrected chi connectivity index (χ2v) is 4.40. The first-order valence-corrected chi connectivity index (χ1v) is 6.68. The van der Waals surface area contributed by atoms with Crippen LogP contribution in [0.3, 0.4) is 0 Å². The number of carbonyl (C=O) groups is 1. The third kappa shape index (κ3) is 6.00. The largest absolute Gasteiger partial charge is 0.354 e. The summed E-state index contributed by atoms with van der Waals surface area (Å²) < 4.78 is 0. The van der Waals surface area contributed by atoms with Gasteiger partial charge in [-0.2, -0.15) is 0 Å². The van der Waals surface area contributed by atoms with Gasteiger partial charge in [0.05, 0.1) is 6.54 Å². The highest BCUT2D eigenvalue weighted by atomic mass is 16.2. The Morgan fingerprint density at radius 3 is 2.53 bits per heavy atom. The summed E-state index contributed by atoms with van der Waals surface area (Å²) in [6.45, 7) is 12.6. The second kappa shape index (κ2) is 8.44. The van der Waals surface area contributed by atoms with Crippen LogP contribution >= 0.6 is 0 Å². The summed E-state index contributed by atoms with van der Waals surface area (Å²) in [6, 6.07) is 0. The van der Waals surface area contributed by atoms with Gasteiger partial charge in [-0.05, 0) is 13.1 Å². The van der Waals surface area contributed by atoms with Crippen LogP contribution in [0.4, 0.5) is 0 Å². The Balaban J connectivity index is 2.07. The molecule has 0 bridgehead atoms. The summed E-state index contributed by atoms with van der Waals surface area (Å²) in [4.78, 5) is 16.2. The van der Waals surface area contributed by atoms with E-state index in [0.717, 1.165) is 52.4 Å². The van der Waals surface area contributed by atoms with E-state index < -0.39 is 0 Å². The lowest BCUT2D eigenvalue weighted by Crippen LogP contribution is -2.48. The number of piperazine rings is 1. The lowest BCUT2D eigenvalue weighted by molar-refractivity contribution is -0.122.